The van der Waals surface area contributed by atoms with E-state index in [0.29, 0.717) is 12.5 Å². The number of hydrogen-bond acceptors (Lipinski definition) is 2. The van der Waals surface area contributed by atoms with Gasteiger partial charge in [0.05, 0.1) is 11.4 Å². The summed E-state index contributed by atoms with van der Waals surface area (Å²) in [5.74, 6) is 1.41. The van der Waals surface area contributed by atoms with E-state index in [4.69, 9.17) is 9.73 Å². The standard InChI is InChI=1S/C29H33N3O/c1-2-22-13-8-3-4-9-14-23-17-24(22)26(31-23)18-28-29(33-20-21-11-6-5-7-12-21)19-27(32-28)25-15-10-16-30-25/h5-7,10-12,15-19,22,30-31H,2-4,8-9,13-14,20H2,1H3. The van der Waals surface area contributed by atoms with E-state index in [-0.39, 0.29) is 0 Å². The summed E-state index contributed by atoms with van der Waals surface area (Å²) in [6.45, 7) is 2.84. The Bertz CT molecular complexity index is 1150. The minimum atomic E-state index is 0.526. The molecule has 2 aliphatic rings. The van der Waals surface area contributed by atoms with E-state index in [1.54, 1.807) is 0 Å². The maximum atomic E-state index is 6.29. The Balaban J connectivity index is 1.49. The van der Waals surface area contributed by atoms with E-state index in [1.807, 2.05) is 36.5 Å². The van der Waals surface area contributed by atoms with Crippen molar-refractivity contribution in [2.24, 2.45) is 4.99 Å². The van der Waals surface area contributed by atoms with Gasteiger partial charge in [0, 0.05) is 23.7 Å². The fraction of sp³-hybridized carbons (Fsp3) is 0.345. The van der Waals surface area contributed by atoms with Gasteiger partial charge in [-0.15, -0.1) is 0 Å². The molecule has 0 saturated heterocycles. The van der Waals surface area contributed by atoms with Crippen LogP contribution in [0.1, 0.15) is 79.6 Å². The second kappa shape index (κ2) is 10.1. The Morgan fingerprint density at radius 1 is 1.06 bits per heavy atom. The number of H-pyrrole nitrogens is 2. The maximum Gasteiger partial charge on any atom is 0.147 e. The number of aromatic nitrogens is 2. The highest BCUT2D eigenvalue weighted by atomic mass is 16.5. The molecule has 1 unspecified atom stereocenters. The predicted molar refractivity (Wildman–Crippen MR) is 135 cm³/mol. The largest absolute Gasteiger partial charge is 0.487 e. The van der Waals surface area contributed by atoms with E-state index < -0.39 is 0 Å². The highest BCUT2D eigenvalue weighted by Gasteiger charge is 2.22. The molecule has 0 spiro atoms. The Morgan fingerprint density at radius 3 is 2.76 bits per heavy atom. The molecule has 1 aromatic carbocycles. The zero-order chi connectivity index (χ0) is 22.5. The SMILES string of the molecule is CCC1CCCCCCc2cc1c(C=C1N=C(c3ccc[nH]3)C=C1OCc1ccccc1)[nH]2. The number of fused-ring (bicyclic) bond motifs is 2. The van der Waals surface area contributed by atoms with E-state index in [0.717, 1.165) is 41.3 Å². The van der Waals surface area contributed by atoms with Crippen LogP contribution in [0.2, 0.25) is 0 Å². The highest BCUT2D eigenvalue weighted by molar-refractivity contribution is 6.11. The van der Waals surface area contributed by atoms with Crippen molar-refractivity contribution in [2.75, 3.05) is 0 Å². The van der Waals surface area contributed by atoms with Gasteiger partial charge in [0.25, 0.3) is 0 Å². The van der Waals surface area contributed by atoms with Gasteiger partial charge in [-0.25, -0.2) is 4.99 Å². The van der Waals surface area contributed by atoms with Crippen LogP contribution < -0.4 is 0 Å². The molecule has 2 bridgehead atoms. The molecule has 3 aromatic rings. The number of ether oxygens (including phenoxy) is 1. The van der Waals surface area contributed by atoms with Crippen molar-refractivity contribution < 1.29 is 4.74 Å². The van der Waals surface area contributed by atoms with Gasteiger partial charge in [-0.3, -0.25) is 0 Å². The van der Waals surface area contributed by atoms with Gasteiger partial charge >= 0.3 is 0 Å². The van der Waals surface area contributed by atoms with E-state index >= 15 is 0 Å². The molecule has 0 amide bonds. The first-order valence-electron chi connectivity index (χ1n) is 12.3. The summed E-state index contributed by atoms with van der Waals surface area (Å²) in [6, 6.07) is 16.8. The van der Waals surface area contributed by atoms with Crippen LogP contribution in [0.15, 0.2) is 77.3 Å². The fourth-order valence-corrected chi connectivity index (χ4v) is 4.91. The Morgan fingerprint density at radius 2 is 1.94 bits per heavy atom. The average Bonchev–Trinajstić information content (AvgIpc) is 3.59. The Hall–Kier alpha value is -3.27. The van der Waals surface area contributed by atoms with E-state index in [9.17, 15) is 0 Å². The van der Waals surface area contributed by atoms with E-state index in [1.165, 1.54) is 49.1 Å². The smallest absolute Gasteiger partial charge is 0.147 e. The molecule has 1 aliphatic heterocycles. The lowest BCUT2D eigenvalue weighted by Crippen LogP contribution is -2.00. The third-order valence-corrected chi connectivity index (χ3v) is 6.77. The molecular weight excluding hydrogens is 406 g/mol. The predicted octanol–water partition coefficient (Wildman–Crippen LogP) is 7.29. The van der Waals surface area contributed by atoms with Crippen molar-refractivity contribution in [2.45, 2.75) is 64.4 Å². The van der Waals surface area contributed by atoms with Crippen molar-refractivity contribution in [1.29, 1.82) is 0 Å². The van der Waals surface area contributed by atoms with Crippen molar-refractivity contribution in [3.63, 3.8) is 0 Å². The van der Waals surface area contributed by atoms with Crippen molar-refractivity contribution in [3.05, 3.63) is 100 Å². The number of nitrogens with zero attached hydrogens (tertiary/aromatic N) is 1. The van der Waals surface area contributed by atoms with Gasteiger partial charge in [-0.1, -0.05) is 56.5 Å². The monoisotopic (exact) mass is 439 g/mol. The van der Waals surface area contributed by atoms with Gasteiger partial charge in [0.1, 0.15) is 18.1 Å². The van der Waals surface area contributed by atoms with Crippen LogP contribution in [0.4, 0.5) is 0 Å². The van der Waals surface area contributed by atoms with Gasteiger partial charge < -0.3 is 14.7 Å². The molecular formula is C29H33N3O. The molecule has 2 aromatic heterocycles. The first kappa shape index (κ1) is 21.6. The molecule has 170 valence electrons. The lowest BCUT2D eigenvalue weighted by Gasteiger charge is -2.16. The fourth-order valence-electron chi connectivity index (χ4n) is 4.91. The van der Waals surface area contributed by atoms with Gasteiger partial charge in [0.2, 0.25) is 0 Å². The number of aryl methyl sites for hydroxylation is 1. The molecule has 1 aliphatic carbocycles. The summed E-state index contributed by atoms with van der Waals surface area (Å²) in [7, 11) is 0. The molecule has 4 heteroatoms. The highest BCUT2D eigenvalue weighted by Crippen LogP contribution is 2.34. The number of aliphatic imine (C=N–C) groups is 1. The third-order valence-electron chi connectivity index (χ3n) is 6.77. The Kier molecular flexibility index (Phi) is 6.61. The lowest BCUT2D eigenvalue weighted by atomic mass is 9.89. The van der Waals surface area contributed by atoms with Crippen LogP contribution in [-0.4, -0.2) is 15.7 Å². The molecule has 33 heavy (non-hydrogen) atoms. The molecule has 5 rings (SSSR count). The van der Waals surface area contributed by atoms with Crippen LogP contribution in [0, 0.1) is 0 Å². The zero-order valence-corrected chi connectivity index (χ0v) is 19.4. The molecule has 2 N–H and O–H groups in total. The van der Waals surface area contributed by atoms with Crippen LogP contribution in [0.25, 0.3) is 6.08 Å². The second-order valence-electron chi connectivity index (χ2n) is 9.11. The summed E-state index contributed by atoms with van der Waals surface area (Å²) in [6.07, 6.45) is 15.0. The van der Waals surface area contributed by atoms with Crippen LogP contribution in [0.5, 0.6) is 0 Å². The molecule has 0 fully saturated rings. The first-order valence-corrected chi connectivity index (χ1v) is 12.3. The number of aromatic amines is 2. The number of nitrogens with one attached hydrogen (secondary N) is 2. The number of hydrogen-bond donors (Lipinski definition) is 2. The van der Waals surface area contributed by atoms with Crippen LogP contribution in [0.3, 0.4) is 0 Å². The second-order valence-corrected chi connectivity index (χ2v) is 9.11. The van der Waals surface area contributed by atoms with Gasteiger partial charge in [-0.2, -0.15) is 0 Å². The van der Waals surface area contributed by atoms with Crippen molar-refractivity contribution >= 4 is 11.8 Å². The zero-order valence-electron chi connectivity index (χ0n) is 19.4. The molecule has 4 nitrogen and oxygen atoms in total. The van der Waals surface area contributed by atoms with Crippen LogP contribution in [-0.2, 0) is 17.8 Å². The molecule has 0 radical (unpaired) electrons. The average molecular weight is 440 g/mol. The Labute approximate surface area is 196 Å². The van der Waals surface area contributed by atoms with Crippen molar-refractivity contribution in [3.8, 4) is 0 Å². The minimum absolute atomic E-state index is 0.526. The molecule has 0 saturated carbocycles. The lowest BCUT2D eigenvalue weighted by molar-refractivity contribution is 0.208. The van der Waals surface area contributed by atoms with Gasteiger partial charge in [0.15, 0.2) is 0 Å². The third kappa shape index (κ3) is 5.05. The molecule has 1 atom stereocenters. The number of rotatable bonds is 6. The summed E-state index contributed by atoms with van der Waals surface area (Å²) in [4.78, 5) is 12.0. The van der Waals surface area contributed by atoms with E-state index in [2.05, 4.69) is 47.2 Å². The summed E-state index contributed by atoms with van der Waals surface area (Å²) in [5, 5.41) is 0. The summed E-state index contributed by atoms with van der Waals surface area (Å²) in [5.41, 5.74) is 7.93. The number of benzene rings is 1. The topological polar surface area (TPSA) is 53.2 Å². The quantitative estimate of drug-likeness (QED) is 0.416. The first-order chi connectivity index (χ1) is 16.3. The van der Waals surface area contributed by atoms with Crippen LogP contribution >= 0.6 is 0 Å². The van der Waals surface area contributed by atoms with Crippen molar-refractivity contribution in [1.82, 2.24) is 9.97 Å². The summed E-state index contributed by atoms with van der Waals surface area (Å²) < 4.78 is 6.29. The minimum Gasteiger partial charge on any atom is -0.487 e. The normalized spacial score (nSPS) is 19.9. The molecule has 3 heterocycles. The maximum absolute atomic E-state index is 6.29. The summed E-state index contributed by atoms with van der Waals surface area (Å²) >= 11 is 0. The van der Waals surface area contributed by atoms with Gasteiger partial charge in [-0.05, 0) is 67.0 Å². The number of allylic oxidation sites excluding steroid dienone is 1.